The largest absolute Gasteiger partial charge is 0.507 e. The Bertz CT molecular complexity index is 2910. The van der Waals surface area contributed by atoms with E-state index in [1.807, 2.05) is 82.6 Å². The van der Waals surface area contributed by atoms with Gasteiger partial charge in [0.25, 0.3) is 0 Å². The van der Waals surface area contributed by atoms with Gasteiger partial charge in [0.05, 0.1) is 23.5 Å². The van der Waals surface area contributed by atoms with Crippen molar-refractivity contribution < 1.29 is 29.0 Å². The lowest BCUT2D eigenvalue weighted by molar-refractivity contribution is -0.141. The molecule has 2 aromatic heterocycles. The number of rotatable bonds is 11. The number of anilines is 3. The average molecular weight is 1020 g/mol. The van der Waals surface area contributed by atoms with Crippen molar-refractivity contribution in [3.63, 3.8) is 0 Å². The molecule has 6 aliphatic rings. The third-order valence-electron chi connectivity index (χ3n) is 16.9. The predicted octanol–water partition coefficient (Wildman–Crippen LogP) is 6.92. The fraction of sp³-hybridized carbons (Fsp3) is 0.491. The Balaban J connectivity index is 0.655. The summed E-state index contributed by atoms with van der Waals surface area (Å²) in [7, 11) is 0. The third kappa shape index (κ3) is 10.1. The number of halogens is 1. The molecule has 17 nitrogen and oxygen atoms in total. The first-order chi connectivity index (χ1) is 36.1. The number of hydrogen-bond acceptors (Lipinski definition) is 15. The minimum absolute atomic E-state index is 0.101. The van der Waals surface area contributed by atoms with E-state index >= 15 is 0 Å². The summed E-state index contributed by atoms with van der Waals surface area (Å²) < 4.78 is 14.5. The van der Waals surface area contributed by atoms with E-state index in [0.717, 1.165) is 100 Å². The number of nitrogens with zero attached hydrogens (tertiary/aromatic N) is 9. The second-order valence-corrected chi connectivity index (χ2v) is 22.8. The van der Waals surface area contributed by atoms with Crippen LogP contribution in [0.15, 0.2) is 96.4 Å². The number of carbonyl (C=O) groups is 2. The number of nitrogens with two attached hydrogens (primary N) is 1. The molecule has 394 valence electrons. The maximum atomic E-state index is 14.6. The van der Waals surface area contributed by atoms with Gasteiger partial charge in [-0.3, -0.25) is 9.59 Å². The number of aromatic hydroxyl groups is 1. The smallest absolute Gasteiger partial charge is 0.246 e. The standard InChI is InChI=1S/C57H69FN12O5/c1-56(2,3)50(54(74)69-33-42(71)27-48(69)52-63-57(4,75-66-52)38-17-13-35(14-18-38)43-9-5-7-11-45(43)58)62-53(73)36-15-19-39(20-16-36)67-25-23-34(24-26-67)37-29-60-55(61-30-37)70-40-21-22-41(70)32-68(31-40)47-28-46(64-65-51(47)59)44-10-6-8-12-49(44)72/h5-14,17-18,28-30,34,36,39-42,48,50,71-72H,15-16,19-27,31-33H2,1-4H3,(H2,59,65)(H,62,73)(H,63,66)/t36-,39-,40?,41?,42-,48+,50-,57+/m1/s1. The van der Waals surface area contributed by atoms with Gasteiger partial charge in [-0.05, 0) is 111 Å². The van der Waals surface area contributed by atoms with Gasteiger partial charge in [0, 0.05) is 86.1 Å². The Labute approximate surface area is 437 Å². The number of aliphatic hydroxyl groups excluding tert-OH is 1. The Morgan fingerprint density at radius 1 is 0.853 bits per heavy atom. The molecular formula is C57H69FN12O5. The van der Waals surface area contributed by atoms with E-state index in [-0.39, 0.29) is 54.3 Å². The lowest BCUT2D eigenvalue weighted by Crippen LogP contribution is -2.59. The molecular weight excluding hydrogens is 952 g/mol. The van der Waals surface area contributed by atoms with Gasteiger partial charge in [0.1, 0.15) is 17.6 Å². The zero-order chi connectivity index (χ0) is 52.2. The number of fused-ring (bicyclic) bond motifs is 2. The number of phenolic OH excluding ortho intramolecular Hbond substituents is 1. The van der Waals surface area contributed by atoms with Crippen molar-refractivity contribution in [1.82, 2.24) is 40.6 Å². The van der Waals surface area contributed by atoms with Crippen LogP contribution in [0.3, 0.4) is 0 Å². The zero-order valence-corrected chi connectivity index (χ0v) is 43.3. The van der Waals surface area contributed by atoms with Crippen LogP contribution in [0.2, 0.25) is 0 Å². The first-order valence-corrected chi connectivity index (χ1v) is 26.8. The molecule has 4 saturated heterocycles. The number of para-hydroxylation sites is 1. The van der Waals surface area contributed by atoms with Crippen LogP contribution in [0.5, 0.6) is 5.75 Å². The lowest BCUT2D eigenvalue weighted by Gasteiger charge is -2.42. The topological polar surface area (TPSA) is 211 Å². The van der Waals surface area contributed by atoms with Crippen LogP contribution in [0, 0.1) is 17.2 Å². The van der Waals surface area contributed by atoms with Crippen molar-refractivity contribution in [2.75, 3.05) is 48.3 Å². The average Bonchev–Trinajstić information content (AvgIpc) is 4.10. The molecule has 1 aliphatic carbocycles. The SMILES string of the molecule is CC(C)(C)[C@H](NC(=O)[C@H]1CC[C@H](N2CCC(c3cnc(N4C5CCC4CN(c4cc(-c6ccccc6O)nnc4N)C5)nc3)CC2)CC1)C(=O)N1C[C@H](O)C[C@H]1C1=NO[C@@](C)(c2ccc(-c3ccccc3F)cc2)N1. The van der Waals surface area contributed by atoms with Crippen LogP contribution in [-0.4, -0.2) is 127 Å². The Kier molecular flexibility index (Phi) is 13.6. The number of oxime groups is 1. The van der Waals surface area contributed by atoms with Gasteiger partial charge in [-0.15, -0.1) is 10.2 Å². The summed E-state index contributed by atoms with van der Waals surface area (Å²) in [4.78, 5) is 53.5. The fourth-order valence-corrected chi connectivity index (χ4v) is 12.6. The number of piperidine rings is 1. The number of nitrogen functional groups attached to an aromatic ring is 1. The molecule has 1 saturated carbocycles. The highest BCUT2D eigenvalue weighted by Gasteiger charge is 2.48. The number of aliphatic hydroxyl groups is 1. The normalized spacial score (nSPS) is 26.6. The van der Waals surface area contributed by atoms with Gasteiger partial charge in [-0.1, -0.05) is 80.5 Å². The van der Waals surface area contributed by atoms with Gasteiger partial charge in [-0.25, -0.2) is 14.4 Å². The van der Waals surface area contributed by atoms with E-state index in [1.165, 1.54) is 11.6 Å². The van der Waals surface area contributed by atoms with Crippen molar-refractivity contribution in [2.45, 2.75) is 133 Å². The summed E-state index contributed by atoms with van der Waals surface area (Å²) in [5.41, 5.74) is 9.93. The van der Waals surface area contributed by atoms with Crippen LogP contribution < -0.4 is 26.2 Å². The van der Waals surface area contributed by atoms with Crippen LogP contribution in [0.4, 0.5) is 21.8 Å². The minimum Gasteiger partial charge on any atom is -0.507 e. The number of carbonyl (C=O) groups excluding carboxylic acids is 2. The summed E-state index contributed by atoms with van der Waals surface area (Å²) in [5.74, 6) is 1.25. The van der Waals surface area contributed by atoms with Crippen molar-refractivity contribution in [2.24, 2.45) is 16.5 Å². The molecule has 18 heteroatoms. The van der Waals surface area contributed by atoms with Crippen LogP contribution in [0.25, 0.3) is 22.4 Å². The summed E-state index contributed by atoms with van der Waals surface area (Å²) in [6.45, 7) is 11.3. The van der Waals surface area contributed by atoms with Gasteiger partial charge in [0.2, 0.25) is 23.5 Å². The minimum atomic E-state index is -1.06. The number of amides is 2. The maximum absolute atomic E-state index is 14.6. The molecule has 2 unspecified atom stereocenters. The number of benzene rings is 3. The molecule has 75 heavy (non-hydrogen) atoms. The number of hydrogen-bond donors (Lipinski definition) is 5. The second kappa shape index (κ2) is 20.3. The molecule has 3 aromatic carbocycles. The zero-order valence-electron chi connectivity index (χ0n) is 43.3. The van der Waals surface area contributed by atoms with E-state index in [1.54, 1.807) is 35.2 Å². The predicted molar refractivity (Wildman–Crippen MR) is 285 cm³/mol. The molecule has 5 fully saturated rings. The van der Waals surface area contributed by atoms with Crippen molar-refractivity contribution in [1.29, 1.82) is 0 Å². The van der Waals surface area contributed by atoms with Crippen LogP contribution >= 0.6 is 0 Å². The van der Waals surface area contributed by atoms with Crippen LogP contribution in [0.1, 0.15) is 103 Å². The Hall–Kier alpha value is -6.92. The van der Waals surface area contributed by atoms with E-state index in [2.05, 4.69) is 40.7 Å². The molecule has 2 bridgehead atoms. The first-order valence-electron chi connectivity index (χ1n) is 26.8. The third-order valence-corrected chi connectivity index (χ3v) is 16.9. The monoisotopic (exact) mass is 1020 g/mol. The fourth-order valence-electron chi connectivity index (χ4n) is 12.6. The molecule has 5 aliphatic heterocycles. The molecule has 2 amide bonds. The number of likely N-dealkylation sites (tertiary alicyclic amines) is 2. The number of aromatic nitrogens is 4. The van der Waals surface area contributed by atoms with Crippen molar-refractivity contribution in [3.8, 4) is 28.1 Å². The number of piperazine rings is 1. The van der Waals surface area contributed by atoms with E-state index in [0.29, 0.717) is 40.4 Å². The maximum Gasteiger partial charge on any atom is 0.246 e. The summed E-state index contributed by atoms with van der Waals surface area (Å²) >= 11 is 0. The Morgan fingerprint density at radius 2 is 1.51 bits per heavy atom. The Morgan fingerprint density at radius 3 is 2.17 bits per heavy atom. The molecule has 5 aromatic rings. The highest BCUT2D eigenvalue weighted by atomic mass is 19.1. The van der Waals surface area contributed by atoms with Gasteiger partial charge in [-0.2, -0.15) is 0 Å². The first kappa shape index (κ1) is 50.2. The van der Waals surface area contributed by atoms with Gasteiger partial charge in [0.15, 0.2) is 11.7 Å². The number of nitrogens with one attached hydrogen (secondary N) is 2. The number of phenols is 1. The van der Waals surface area contributed by atoms with Crippen LogP contribution in [-0.2, 0) is 20.2 Å². The summed E-state index contributed by atoms with van der Waals surface area (Å²) in [6.07, 6.45) is 11.0. The molecule has 0 radical (unpaired) electrons. The van der Waals surface area contributed by atoms with Crippen molar-refractivity contribution in [3.05, 3.63) is 108 Å². The lowest BCUT2D eigenvalue weighted by atomic mass is 9.81. The molecule has 11 rings (SSSR count). The summed E-state index contributed by atoms with van der Waals surface area (Å²) in [5, 5.41) is 40.9. The van der Waals surface area contributed by atoms with E-state index < -0.39 is 29.3 Å². The molecule has 7 heterocycles. The van der Waals surface area contributed by atoms with E-state index in [4.69, 9.17) is 20.5 Å². The highest BCUT2D eigenvalue weighted by molar-refractivity contribution is 5.96. The molecule has 6 atom stereocenters. The van der Waals surface area contributed by atoms with E-state index in [9.17, 15) is 24.2 Å². The molecule has 0 spiro atoms. The molecule has 6 N–H and O–H groups in total. The van der Waals surface area contributed by atoms with Gasteiger partial charge < -0.3 is 51.0 Å². The van der Waals surface area contributed by atoms with Gasteiger partial charge >= 0.3 is 0 Å². The summed E-state index contributed by atoms with van der Waals surface area (Å²) in [6, 6.07) is 22.5. The number of amidine groups is 1. The quantitative estimate of drug-likeness (QED) is 0.0910. The van der Waals surface area contributed by atoms with Crippen molar-refractivity contribution >= 4 is 35.1 Å². The second-order valence-electron chi connectivity index (χ2n) is 22.8. The number of β-amino-alcohol motifs (C(OH)–C–C–N with tert-alkyl or cyclic N) is 1. The highest BCUT2D eigenvalue weighted by Crippen LogP contribution is 2.40.